The van der Waals surface area contributed by atoms with Gasteiger partial charge >= 0.3 is 5.97 Å². The number of ether oxygens (including phenoxy) is 1. The Morgan fingerprint density at radius 1 is 1.82 bits per heavy atom. The van der Waals surface area contributed by atoms with E-state index in [1.807, 2.05) is 0 Å². The molecule has 60 valence electrons. The minimum Gasteiger partial charge on any atom is -0.469 e. The normalized spacial score (nSPS) is 24.1. The molecule has 0 saturated carbocycles. The largest absolute Gasteiger partial charge is 0.469 e. The van der Waals surface area contributed by atoms with E-state index in [9.17, 15) is 4.79 Å². The van der Waals surface area contributed by atoms with Crippen molar-refractivity contribution < 1.29 is 9.53 Å². The topological polar surface area (TPSA) is 26.3 Å². The van der Waals surface area contributed by atoms with Crippen molar-refractivity contribution >= 4 is 13.8 Å². The van der Waals surface area contributed by atoms with Crippen LogP contribution in [0.3, 0.4) is 0 Å². The lowest BCUT2D eigenvalue weighted by Gasteiger charge is -2.17. The van der Waals surface area contributed by atoms with Crippen LogP contribution in [-0.4, -0.2) is 20.9 Å². The molecule has 0 radical (unpaired) electrons. The first kappa shape index (κ1) is 8.37. The zero-order chi connectivity index (χ0) is 8.27. The second kappa shape index (κ2) is 3.60. The lowest BCUT2D eigenvalue weighted by atomic mass is 9.81. The summed E-state index contributed by atoms with van der Waals surface area (Å²) in [5, 5.41) is 0. The summed E-state index contributed by atoms with van der Waals surface area (Å²) in [5.74, 6) is 0.0532. The molecule has 0 N–H and O–H groups in total. The summed E-state index contributed by atoms with van der Waals surface area (Å²) in [7, 11) is 3.56. The molecule has 0 aliphatic heterocycles. The van der Waals surface area contributed by atoms with Gasteiger partial charge in [0.2, 0.25) is 0 Å². The van der Waals surface area contributed by atoms with Gasteiger partial charge in [-0.25, -0.2) is 0 Å². The van der Waals surface area contributed by atoms with Crippen molar-refractivity contribution in [1.29, 1.82) is 0 Å². The smallest absolute Gasteiger partial charge is 0.308 e. The number of esters is 1. The summed E-state index contributed by atoms with van der Waals surface area (Å²) in [5.41, 5.74) is 1.39. The van der Waals surface area contributed by atoms with Crippen LogP contribution in [0.15, 0.2) is 11.5 Å². The Labute approximate surface area is 68.0 Å². The maximum atomic E-state index is 11.0. The van der Waals surface area contributed by atoms with E-state index in [0.717, 1.165) is 19.3 Å². The van der Waals surface area contributed by atoms with Gasteiger partial charge in [0.05, 0.1) is 13.0 Å². The van der Waals surface area contributed by atoms with Gasteiger partial charge in [0.1, 0.15) is 7.85 Å². The van der Waals surface area contributed by atoms with E-state index in [4.69, 9.17) is 0 Å². The van der Waals surface area contributed by atoms with Crippen molar-refractivity contribution in [2.75, 3.05) is 7.11 Å². The Kier molecular flexibility index (Phi) is 2.74. The molecule has 0 heterocycles. The van der Waals surface area contributed by atoms with Crippen LogP contribution in [0.2, 0.25) is 0 Å². The van der Waals surface area contributed by atoms with E-state index in [1.54, 1.807) is 0 Å². The summed E-state index contributed by atoms with van der Waals surface area (Å²) in [6, 6.07) is 0. The second-order valence-corrected chi connectivity index (χ2v) is 3.04. The Bertz CT molecular complexity index is 187. The SMILES string of the molecule is BC1=CCC(C(=O)OC)CC1. The molecule has 0 aromatic carbocycles. The van der Waals surface area contributed by atoms with Crippen LogP contribution in [-0.2, 0) is 9.53 Å². The van der Waals surface area contributed by atoms with E-state index in [2.05, 4.69) is 18.7 Å². The van der Waals surface area contributed by atoms with Crippen molar-refractivity contribution in [3.8, 4) is 0 Å². The standard InChI is InChI=1S/C8H13BO2/c1-11-8(10)6-2-4-7(9)5-3-6/h4,6H,2-3,5,9H2,1H3. The molecule has 0 spiro atoms. The fraction of sp³-hybridized carbons (Fsp3) is 0.625. The summed E-state index contributed by atoms with van der Waals surface area (Å²) < 4.78 is 4.66. The molecular weight excluding hydrogens is 139 g/mol. The van der Waals surface area contributed by atoms with Crippen LogP contribution in [0.25, 0.3) is 0 Å². The summed E-state index contributed by atoms with van der Waals surface area (Å²) >= 11 is 0. The number of carbonyl (C=O) groups excluding carboxylic acids is 1. The van der Waals surface area contributed by atoms with Crippen molar-refractivity contribution in [3.05, 3.63) is 11.5 Å². The minimum atomic E-state index is -0.0613. The van der Waals surface area contributed by atoms with E-state index in [0.29, 0.717) is 0 Å². The van der Waals surface area contributed by atoms with E-state index in [-0.39, 0.29) is 11.9 Å². The lowest BCUT2D eigenvalue weighted by molar-refractivity contribution is -0.145. The van der Waals surface area contributed by atoms with Gasteiger partial charge in [0, 0.05) is 0 Å². The number of carbonyl (C=O) groups is 1. The Morgan fingerprint density at radius 3 is 3.00 bits per heavy atom. The number of hydrogen-bond donors (Lipinski definition) is 0. The molecular formula is C8H13BO2. The zero-order valence-electron chi connectivity index (χ0n) is 7.09. The average Bonchev–Trinajstić information content (AvgIpc) is 2.05. The number of methoxy groups -OCH3 is 1. The highest BCUT2D eigenvalue weighted by molar-refractivity contribution is 6.21. The van der Waals surface area contributed by atoms with Gasteiger partial charge in [-0.2, -0.15) is 0 Å². The van der Waals surface area contributed by atoms with Crippen LogP contribution in [0.4, 0.5) is 0 Å². The van der Waals surface area contributed by atoms with Crippen LogP contribution < -0.4 is 0 Å². The first-order valence-corrected chi connectivity index (χ1v) is 3.97. The molecule has 1 atom stereocenters. The molecule has 0 fully saturated rings. The maximum Gasteiger partial charge on any atom is 0.308 e. The lowest BCUT2D eigenvalue weighted by Crippen LogP contribution is -2.18. The predicted octanol–water partition coefficient (Wildman–Crippen LogP) is 0.476. The third-order valence-electron chi connectivity index (χ3n) is 2.17. The van der Waals surface area contributed by atoms with E-state index in [1.165, 1.54) is 12.6 Å². The molecule has 1 unspecified atom stereocenters. The first-order chi connectivity index (χ1) is 5.24. The molecule has 1 rings (SSSR count). The molecule has 1 aliphatic rings. The second-order valence-electron chi connectivity index (χ2n) is 3.04. The molecule has 0 aromatic heterocycles. The van der Waals surface area contributed by atoms with Gasteiger partial charge in [0.15, 0.2) is 0 Å². The molecule has 0 saturated heterocycles. The van der Waals surface area contributed by atoms with Crippen LogP contribution >= 0.6 is 0 Å². The van der Waals surface area contributed by atoms with Gasteiger partial charge in [-0.15, -0.1) is 5.47 Å². The molecule has 0 aromatic rings. The Balaban J connectivity index is 2.47. The molecule has 1 aliphatic carbocycles. The van der Waals surface area contributed by atoms with Gasteiger partial charge in [-0.3, -0.25) is 4.79 Å². The zero-order valence-corrected chi connectivity index (χ0v) is 7.09. The van der Waals surface area contributed by atoms with Crippen LogP contribution in [0.5, 0.6) is 0 Å². The number of rotatable bonds is 1. The van der Waals surface area contributed by atoms with Crippen LogP contribution in [0, 0.1) is 5.92 Å². The fourth-order valence-electron chi connectivity index (χ4n) is 1.35. The van der Waals surface area contributed by atoms with Crippen molar-refractivity contribution in [1.82, 2.24) is 0 Å². The van der Waals surface area contributed by atoms with Gasteiger partial charge < -0.3 is 4.74 Å². The molecule has 3 heteroatoms. The quantitative estimate of drug-likeness (QED) is 0.403. The summed E-state index contributed by atoms with van der Waals surface area (Å²) in [4.78, 5) is 11.0. The summed E-state index contributed by atoms with van der Waals surface area (Å²) in [6.07, 6.45) is 4.98. The van der Waals surface area contributed by atoms with Crippen LogP contribution in [0.1, 0.15) is 19.3 Å². The molecule has 0 amide bonds. The molecule has 2 nitrogen and oxygen atoms in total. The first-order valence-electron chi connectivity index (χ1n) is 3.97. The van der Waals surface area contributed by atoms with Gasteiger partial charge in [0.25, 0.3) is 0 Å². The monoisotopic (exact) mass is 152 g/mol. The van der Waals surface area contributed by atoms with Gasteiger partial charge in [-0.1, -0.05) is 6.08 Å². The van der Waals surface area contributed by atoms with Crippen molar-refractivity contribution in [2.45, 2.75) is 19.3 Å². The molecule has 11 heavy (non-hydrogen) atoms. The third kappa shape index (κ3) is 2.10. The molecule has 0 bridgehead atoms. The Morgan fingerprint density at radius 2 is 2.55 bits per heavy atom. The highest BCUT2D eigenvalue weighted by Gasteiger charge is 2.20. The maximum absolute atomic E-state index is 11.0. The number of allylic oxidation sites excluding steroid dienone is 2. The predicted molar refractivity (Wildman–Crippen MR) is 46.0 cm³/mol. The van der Waals surface area contributed by atoms with Gasteiger partial charge in [-0.05, 0) is 19.3 Å². The highest BCUT2D eigenvalue weighted by Crippen LogP contribution is 2.22. The summed E-state index contributed by atoms with van der Waals surface area (Å²) in [6.45, 7) is 0. The Hall–Kier alpha value is -0.725. The minimum absolute atomic E-state index is 0.0613. The van der Waals surface area contributed by atoms with Crippen molar-refractivity contribution in [3.63, 3.8) is 0 Å². The van der Waals surface area contributed by atoms with E-state index < -0.39 is 0 Å². The average molecular weight is 152 g/mol. The highest BCUT2D eigenvalue weighted by atomic mass is 16.5. The number of hydrogen-bond acceptors (Lipinski definition) is 2. The van der Waals surface area contributed by atoms with Crippen molar-refractivity contribution in [2.24, 2.45) is 5.92 Å². The fourth-order valence-corrected chi connectivity index (χ4v) is 1.35. The third-order valence-corrected chi connectivity index (χ3v) is 2.17. The van der Waals surface area contributed by atoms with E-state index >= 15 is 0 Å².